The van der Waals surface area contributed by atoms with Crippen molar-refractivity contribution in [1.82, 2.24) is 60.8 Å². The Labute approximate surface area is 262 Å². The van der Waals surface area contributed by atoms with Gasteiger partial charge in [-0.3, -0.25) is 14.5 Å². The third-order valence-electron chi connectivity index (χ3n) is 8.49. The quantitative estimate of drug-likeness (QED) is 0.340. The van der Waals surface area contributed by atoms with E-state index in [-0.39, 0.29) is 24.4 Å². The van der Waals surface area contributed by atoms with Gasteiger partial charge in [-0.15, -0.1) is 30.0 Å². The predicted molar refractivity (Wildman–Crippen MR) is 159 cm³/mol. The number of carbonyl (C=O) groups is 2. The van der Waals surface area contributed by atoms with Crippen molar-refractivity contribution in [2.24, 2.45) is 0 Å². The van der Waals surface area contributed by atoms with E-state index >= 15 is 0 Å². The number of fused-ring (bicyclic) bond motifs is 2. The molecule has 4 fully saturated rings. The fourth-order valence-electron chi connectivity index (χ4n) is 6.43. The van der Waals surface area contributed by atoms with E-state index in [9.17, 15) is 9.59 Å². The molecule has 0 saturated carbocycles. The van der Waals surface area contributed by atoms with Crippen molar-refractivity contribution >= 4 is 35.0 Å². The van der Waals surface area contributed by atoms with Crippen LogP contribution in [-0.2, 0) is 9.59 Å². The number of halogens is 2. The number of nitrogens with one attached hydrogen (secondary N) is 2. The molecule has 4 aliphatic heterocycles. The maximum Gasteiger partial charge on any atom is 0.243 e. The minimum atomic E-state index is -0.431. The van der Waals surface area contributed by atoms with Gasteiger partial charge in [-0.1, -0.05) is 35.3 Å². The van der Waals surface area contributed by atoms with E-state index in [4.69, 9.17) is 23.2 Å². The molecule has 0 unspecified atom stereocenters. The van der Waals surface area contributed by atoms with Crippen LogP contribution in [0.25, 0.3) is 11.4 Å². The third-order valence-corrected chi connectivity index (χ3v) is 8.96. The molecule has 6 heterocycles. The van der Waals surface area contributed by atoms with Crippen molar-refractivity contribution in [3.63, 3.8) is 0 Å². The SMILES string of the molecule is Clc1cccc(-n2nnc([C@H]3CC[C@H]4CNCCN43)n2)c1.O=C1NCC(=O)N2[C@@H](c3nnn(-c4cccc(Cl)c4)n3)CC[C@@H]12. The van der Waals surface area contributed by atoms with Crippen LogP contribution >= 0.6 is 23.2 Å². The molecule has 16 heteroatoms. The van der Waals surface area contributed by atoms with Crippen molar-refractivity contribution in [1.29, 1.82) is 0 Å². The summed E-state index contributed by atoms with van der Waals surface area (Å²) in [4.78, 5) is 31.1. The highest BCUT2D eigenvalue weighted by Crippen LogP contribution is 2.36. The van der Waals surface area contributed by atoms with Crippen molar-refractivity contribution in [3.05, 3.63) is 70.2 Å². The first-order valence-electron chi connectivity index (χ1n) is 14.6. The number of tetrazole rings is 2. The Morgan fingerprint density at radius 3 is 2.05 bits per heavy atom. The molecular formula is C28H30Cl2N12O2. The molecule has 44 heavy (non-hydrogen) atoms. The van der Waals surface area contributed by atoms with Crippen LogP contribution in [-0.4, -0.2) is 100 Å². The highest BCUT2D eigenvalue weighted by Gasteiger charge is 2.46. The van der Waals surface area contributed by atoms with Crippen molar-refractivity contribution in [2.75, 3.05) is 26.2 Å². The Kier molecular flexibility index (Phi) is 7.97. The van der Waals surface area contributed by atoms with Crippen molar-refractivity contribution in [3.8, 4) is 11.4 Å². The van der Waals surface area contributed by atoms with E-state index in [0.717, 1.165) is 37.6 Å². The normalized spacial score (nSPS) is 24.8. The van der Waals surface area contributed by atoms with Crippen LogP contribution in [0.4, 0.5) is 0 Å². The van der Waals surface area contributed by atoms with Crippen LogP contribution in [0.1, 0.15) is 49.4 Å². The van der Waals surface area contributed by atoms with E-state index in [2.05, 4.69) is 46.4 Å². The average Bonchev–Trinajstić information content (AvgIpc) is 3.85. The summed E-state index contributed by atoms with van der Waals surface area (Å²) in [7, 11) is 0. The highest BCUT2D eigenvalue weighted by atomic mass is 35.5. The summed E-state index contributed by atoms with van der Waals surface area (Å²) in [5, 5.41) is 32.8. The van der Waals surface area contributed by atoms with Gasteiger partial charge in [-0.25, -0.2) is 0 Å². The van der Waals surface area contributed by atoms with Crippen LogP contribution in [0.5, 0.6) is 0 Å². The number of benzene rings is 2. The maximum absolute atomic E-state index is 12.1. The van der Waals surface area contributed by atoms with Crippen LogP contribution in [0, 0.1) is 0 Å². The molecule has 228 valence electrons. The first-order valence-corrected chi connectivity index (χ1v) is 15.4. The smallest absolute Gasteiger partial charge is 0.243 e. The molecule has 8 rings (SSSR count). The lowest BCUT2D eigenvalue weighted by molar-refractivity contribution is -0.145. The molecule has 0 radical (unpaired) electrons. The van der Waals surface area contributed by atoms with Gasteiger partial charge in [0.2, 0.25) is 11.8 Å². The molecule has 2 aromatic heterocycles. The summed E-state index contributed by atoms with van der Waals surface area (Å²) < 4.78 is 0. The molecule has 0 aliphatic carbocycles. The first kappa shape index (κ1) is 28.8. The fraction of sp³-hybridized carbons (Fsp3) is 0.429. The van der Waals surface area contributed by atoms with Crippen molar-refractivity contribution < 1.29 is 9.59 Å². The molecule has 2 N–H and O–H groups in total. The summed E-state index contributed by atoms with van der Waals surface area (Å²) in [5.74, 6) is 1.03. The topological polar surface area (TPSA) is 152 Å². The van der Waals surface area contributed by atoms with E-state index in [1.165, 1.54) is 11.2 Å². The van der Waals surface area contributed by atoms with Gasteiger partial charge >= 0.3 is 0 Å². The molecule has 4 aromatic rings. The molecule has 4 atom stereocenters. The Morgan fingerprint density at radius 2 is 1.39 bits per heavy atom. The van der Waals surface area contributed by atoms with E-state index in [1.807, 2.05) is 30.3 Å². The average molecular weight is 638 g/mol. The van der Waals surface area contributed by atoms with Gasteiger partial charge in [-0.05, 0) is 72.5 Å². The number of hydrogen-bond donors (Lipinski definition) is 2. The van der Waals surface area contributed by atoms with Gasteiger partial charge in [0.1, 0.15) is 6.04 Å². The zero-order valence-corrected chi connectivity index (χ0v) is 25.1. The van der Waals surface area contributed by atoms with Gasteiger partial charge in [0.05, 0.1) is 30.0 Å². The number of carbonyl (C=O) groups excluding carboxylic acids is 2. The Balaban J connectivity index is 0.000000143. The second-order valence-corrected chi connectivity index (χ2v) is 12.0. The van der Waals surface area contributed by atoms with Gasteiger partial charge in [-0.2, -0.15) is 0 Å². The molecule has 4 aliphatic rings. The number of hydrogen-bond acceptors (Lipinski definition) is 10. The molecule has 4 saturated heterocycles. The fourth-order valence-corrected chi connectivity index (χ4v) is 6.80. The number of nitrogens with zero attached hydrogens (tertiary/aromatic N) is 10. The van der Waals surface area contributed by atoms with Gasteiger partial charge < -0.3 is 15.5 Å². The first-order chi connectivity index (χ1) is 21.4. The van der Waals surface area contributed by atoms with Gasteiger partial charge in [0.15, 0.2) is 11.6 Å². The van der Waals surface area contributed by atoms with Gasteiger partial charge in [0.25, 0.3) is 0 Å². The molecule has 0 bridgehead atoms. The number of piperazine rings is 2. The Bertz CT molecular complexity index is 1680. The standard InChI is InChI=1S/C14H13ClN6O2.C14H17ClN6/c15-8-2-1-3-9(6-8)21-18-13(17-19-21)10-4-5-11-14(23)16-7-12(22)20(10)11;15-10-2-1-3-11(8-10)21-18-14(17-19-21)13-5-4-12-9-16-6-7-20(12)13/h1-3,6,10-11H,4-5,7H2,(H,16,23);1-3,8,12-13,16H,4-7,9H2/t10-,11+;12-,13+/m10/s1. The zero-order chi connectivity index (χ0) is 30.2. The minimum Gasteiger partial charge on any atom is -0.345 e. The lowest BCUT2D eigenvalue weighted by Gasteiger charge is -2.33. The lowest BCUT2D eigenvalue weighted by Crippen LogP contribution is -2.56. The number of aromatic nitrogens is 8. The van der Waals surface area contributed by atoms with Crippen LogP contribution in [0.3, 0.4) is 0 Å². The zero-order valence-electron chi connectivity index (χ0n) is 23.6. The van der Waals surface area contributed by atoms with E-state index < -0.39 is 6.04 Å². The number of rotatable bonds is 4. The van der Waals surface area contributed by atoms with Crippen LogP contribution in [0.15, 0.2) is 48.5 Å². The second-order valence-electron chi connectivity index (χ2n) is 11.2. The third kappa shape index (κ3) is 5.65. The summed E-state index contributed by atoms with van der Waals surface area (Å²) in [6.45, 7) is 3.18. The molecule has 0 spiro atoms. The highest BCUT2D eigenvalue weighted by molar-refractivity contribution is 6.31. The van der Waals surface area contributed by atoms with E-state index in [1.54, 1.807) is 27.9 Å². The van der Waals surface area contributed by atoms with Gasteiger partial charge in [0, 0.05) is 35.7 Å². The second kappa shape index (κ2) is 12.2. The van der Waals surface area contributed by atoms with Crippen molar-refractivity contribution in [2.45, 2.75) is 49.9 Å². The molecule has 2 aromatic carbocycles. The monoisotopic (exact) mass is 636 g/mol. The Hall–Kier alpha value is -3.98. The summed E-state index contributed by atoms with van der Waals surface area (Å²) in [6, 6.07) is 14.8. The predicted octanol–water partition coefficient (Wildman–Crippen LogP) is 1.90. The molecular weight excluding hydrogens is 607 g/mol. The maximum atomic E-state index is 12.1. The molecule has 14 nitrogen and oxygen atoms in total. The summed E-state index contributed by atoms with van der Waals surface area (Å²) in [6.07, 6.45) is 3.55. The largest absolute Gasteiger partial charge is 0.345 e. The van der Waals surface area contributed by atoms with Crippen LogP contribution in [0.2, 0.25) is 10.0 Å². The molecule has 2 amide bonds. The van der Waals surface area contributed by atoms with E-state index in [0.29, 0.717) is 46.5 Å². The Morgan fingerprint density at radius 1 is 0.773 bits per heavy atom. The van der Waals surface area contributed by atoms with Crippen LogP contribution < -0.4 is 10.6 Å². The summed E-state index contributed by atoms with van der Waals surface area (Å²) in [5.41, 5.74) is 1.53. The summed E-state index contributed by atoms with van der Waals surface area (Å²) >= 11 is 12.0. The minimum absolute atomic E-state index is 0.0221. The lowest BCUT2D eigenvalue weighted by atomic mass is 10.2. The number of amides is 2.